The largest absolute Gasteiger partial charge is 0.322 e. The van der Waals surface area contributed by atoms with E-state index >= 15 is 0 Å². The molecule has 28 heavy (non-hydrogen) atoms. The highest BCUT2D eigenvalue weighted by molar-refractivity contribution is 6.31. The second-order valence-corrected chi connectivity index (χ2v) is 7.06. The number of aromatic nitrogens is 1. The van der Waals surface area contributed by atoms with E-state index in [0.29, 0.717) is 16.3 Å². The van der Waals surface area contributed by atoms with Crippen LogP contribution in [0.2, 0.25) is 5.02 Å². The van der Waals surface area contributed by atoms with Crippen molar-refractivity contribution in [2.75, 3.05) is 10.6 Å². The number of hydrogen-bond acceptors (Lipinski definition) is 3. The highest BCUT2D eigenvalue weighted by Crippen LogP contribution is 2.21. The number of pyridine rings is 1. The van der Waals surface area contributed by atoms with Gasteiger partial charge in [0.25, 0.3) is 11.8 Å². The Morgan fingerprint density at radius 1 is 0.821 bits per heavy atom. The molecule has 0 radical (unpaired) electrons. The molecule has 2 aromatic carbocycles. The summed E-state index contributed by atoms with van der Waals surface area (Å²) in [4.78, 5) is 29.1. The molecule has 0 saturated heterocycles. The fourth-order valence-electron chi connectivity index (χ4n) is 2.71. The minimum absolute atomic E-state index is 0.282. The smallest absolute Gasteiger partial charge is 0.257 e. The third-order valence-corrected chi connectivity index (χ3v) is 4.73. The molecule has 0 aliphatic rings. The number of benzene rings is 2. The summed E-state index contributed by atoms with van der Waals surface area (Å²) in [5.41, 5.74) is 4.88. The number of carbonyl (C=O) groups excluding carboxylic acids is 2. The fraction of sp³-hybridized carbons (Fsp3) is 0.136. The molecule has 142 valence electrons. The lowest BCUT2D eigenvalue weighted by Gasteiger charge is -2.10. The van der Waals surface area contributed by atoms with Gasteiger partial charge < -0.3 is 10.6 Å². The summed E-state index contributed by atoms with van der Waals surface area (Å²) in [6.45, 7) is 5.80. The van der Waals surface area contributed by atoms with Crippen molar-refractivity contribution in [2.24, 2.45) is 0 Å². The van der Waals surface area contributed by atoms with Crippen molar-refractivity contribution in [1.29, 1.82) is 0 Å². The predicted octanol–water partition coefficient (Wildman–Crippen LogP) is 5.16. The van der Waals surface area contributed by atoms with Crippen molar-refractivity contribution in [3.8, 4) is 0 Å². The molecule has 3 aromatic rings. The van der Waals surface area contributed by atoms with Crippen LogP contribution in [-0.2, 0) is 0 Å². The van der Waals surface area contributed by atoms with Crippen molar-refractivity contribution in [3.05, 3.63) is 87.7 Å². The number of nitrogens with one attached hydrogen (secondary N) is 2. The number of nitrogens with zero attached hydrogens (tertiary/aromatic N) is 1. The van der Waals surface area contributed by atoms with Crippen molar-refractivity contribution in [2.45, 2.75) is 20.8 Å². The zero-order chi connectivity index (χ0) is 20.3. The number of carbonyl (C=O) groups is 2. The molecule has 5 nitrogen and oxygen atoms in total. The molecule has 0 bridgehead atoms. The van der Waals surface area contributed by atoms with E-state index in [1.54, 1.807) is 12.1 Å². The van der Waals surface area contributed by atoms with Crippen LogP contribution in [0, 0.1) is 20.8 Å². The minimum atomic E-state index is -0.367. The minimum Gasteiger partial charge on any atom is -0.322 e. The van der Waals surface area contributed by atoms with Gasteiger partial charge in [-0.05, 0) is 56.2 Å². The van der Waals surface area contributed by atoms with E-state index in [4.69, 9.17) is 11.6 Å². The van der Waals surface area contributed by atoms with Crippen LogP contribution in [-0.4, -0.2) is 16.8 Å². The molecule has 0 spiro atoms. The van der Waals surface area contributed by atoms with E-state index in [0.717, 1.165) is 22.4 Å². The van der Waals surface area contributed by atoms with E-state index in [2.05, 4.69) is 15.6 Å². The summed E-state index contributed by atoms with van der Waals surface area (Å²) in [5, 5.41) is 6.18. The number of aryl methyl sites for hydroxylation is 3. The maximum atomic E-state index is 12.6. The van der Waals surface area contributed by atoms with Gasteiger partial charge in [0, 0.05) is 28.8 Å². The normalized spacial score (nSPS) is 10.4. The van der Waals surface area contributed by atoms with Crippen LogP contribution < -0.4 is 10.6 Å². The van der Waals surface area contributed by atoms with Crippen molar-refractivity contribution >= 4 is 34.8 Å². The summed E-state index contributed by atoms with van der Waals surface area (Å²) in [5.74, 6) is -0.693. The van der Waals surface area contributed by atoms with Gasteiger partial charge in [0.15, 0.2) is 0 Å². The molecular weight excluding hydrogens is 374 g/mol. The average molecular weight is 394 g/mol. The third kappa shape index (κ3) is 4.56. The molecule has 1 heterocycles. The van der Waals surface area contributed by atoms with Gasteiger partial charge in [-0.15, -0.1) is 0 Å². The first-order valence-corrected chi connectivity index (χ1v) is 9.12. The van der Waals surface area contributed by atoms with Crippen LogP contribution in [0.15, 0.2) is 54.9 Å². The Hall–Kier alpha value is -3.18. The molecular formula is C22H20ClN3O2. The summed E-state index contributed by atoms with van der Waals surface area (Å²) in [6, 6.07) is 12.6. The fourth-order valence-corrected chi connectivity index (χ4v) is 2.89. The lowest BCUT2D eigenvalue weighted by atomic mass is 10.1. The number of amides is 2. The number of halogens is 1. The number of rotatable bonds is 4. The monoisotopic (exact) mass is 393 g/mol. The molecule has 6 heteroatoms. The summed E-state index contributed by atoms with van der Waals surface area (Å²) < 4.78 is 0. The molecule has 0 aliphatic carbocycles. The van der Waals surface area contributed by atoms with E-state index in [-0.39, 0.29) is 17.4 Å². The molecule has 3 rings (SSSR count). The Labute approximate surface area is 168 Å². The first-order valence-electron chi connectivity index (χ1n) is 8.74. The highest BCUT2D eigenvalue weighted by Gasteiger charge is 2.13. The van der Waals surface area contributed by atoms with Gasteiger partial charge >= 0.3 is 0 Å². The first kappa shape index (κ1) is 19.6. The molecule has 0 saturated carbocycles. The number of anilines is 2. The van der Waals surface area contributed by atoms with Crippen LogP contribution in [0.25, 0.3) is 0 Å². The van der Waals surface area contributed by atoms with E-state index in [9.17, 15) is 9.59 Å². The molecule has 0 fully saturated rings. The Balaban J connectivity index is 1.76. The Bertz CT molecular complexity index is 1060. The molecule has 0 aliphatic heterocycles. The van der Waals surface area contributed by atoms with Crippen LogP contribution in [0.4, 0.5) is 11.4 Å². The molecule has 0 atom stereocenters. The lowest BCUT2D eigenvalue weighted by molar-refractivity contribution is 0.102. The maximum absolute atomic E-state index is 12.6. The summed E-state index contributed by atoms with van der Waals surface area (Å²) in [6.07, 6.45) is 2.84. The molecule has 2 amide bonds. The molecule has 0 unspecified atom stereocenters. The zero-order valence-corrected chi connectivity index (χ0v) is 16.6. The van der Waals surface area contributed by atoms with Gasteiger partial charge in [-0.1, -0.05) is 35.4 Å². The molecule has 1 aromatic heterocycles. The van der Waals surface area contributed by atoms with Crippen molar-refractivity contribution in [3.63, 3.8) is 0 Å². The Morgan fingerprint density at radius 2 is 1.50 bits per heavy atom. The Kier molecular flexibility index (Phi) is 5.76. The highest BCUT2D eigenvalue weighted by atomic mass is 35.5. The number of hydrogen-bond donors (Lipinski definition) is 2. The van der Waals surface area contributed by atoms with Crippen LogP contribution in [0.5, 0.6) is 0 Å². The lowest BCUT2D eigenvalue weighted by Crippen LogP contribution is -2.16. The van der Waals surface area contributed by atoms with Gasteiger partial charge in [0.1, 0.15) is 0 Å². The van der Waals surface area contributed by atoms with E-state index in [1.165, 1.54) is 18.5 Å². The zero-order valence-electron chi connectivity index (χ0n) is 15.8. The van der Waals surface area contributed by atoms with Gasteiger partial charge in [-0.2, -0.15) is 0 Å². The standard InChI is InChI=1S/C22H20ClN3O2/c1-13-4-7-20(15(3)8-13)26-22(28)17-9-16(11-24-12-17)21(27)25-18-6-5-14(2)19(23)10-18/h4-12H,1-3H3,(H,25,27)(H,26,28). The SMILES string of the molecule is Cc1ccc(NC(=O)c2cncc(C(=O)Nc3ccc(C)c(Cl)c3)c2)c(C)c1. The van der Waals surface area contributed by atoms with E-state index in [1.807, 2.05) is 45.0 Å². The van der Waals surface area contributed by atoms with Crippen molar-refractivity contribution < 1.29 is 9.59 Å². The first-order chi connectivity index (χ1) is 13.3. The van der Waals surface area contributed by atoms with Gasteiger partial charge in [0.2, 0.25) is 0 Å². The summed E-state index contributed by atoms with van der Waals surface area (Å²) >= 11 is 6.09. The quantitative estimate of drug-likeness (QED) is 0.642. The Morgan fingerprint density at radius 3 is 2.14 bits per heavy atom. The summed E-state index contributed by atoms with van der Waals surface area (Å²) in [7, 11) is 0. The van der Waals surface area contributed by atoms with Crippen LogP contribution in [0.1, 0.15) is 37.4 Å². The second-order valence-electron chi connectivity index (χ2n) is 6.65. The van der Waals surface area contributed by atoms with Gasteiger partial charge in [-0.3, -0.25) is 14.6 Å². The third-order valence-electron chi connectivity index (χ3n) is 4.32. The van der Waals surface area contributed by atoms with Crippen LogP contribution in [0.3, 0.4) is 0 Å². The maximum Gasteiger partial charge on any atom is 0.257 e. The molecule has 2 N–H and O–H groups in total. The predicted molar refractivity (Wildman–Crippen MR) is 112 cm³/mol. The van der Waals surface area contributed by atoms with Gasteiger partial charge in [-0.25, -0.2) is 0 Å². The topological polar surface area (TPSA) is 71.1 Å². The average Bonchev–Trinajstić information content (AvgIpc) is 2.67. The van der Waals surface area contributed by atoms with Crippen LogP contribution >= 0.6 is 11.6 Å². The van der Waals surface area contributed by atoms with Crippen molar-refractivity contribution in [1.82, 2.24) is 4.98 Å². The second kappa shape index (κ2) is 8.23. The van der Waals surface area contributed by atoms with E-state index < -0.39 is 0 Å². The van der Waals surface area contributed by atoms with Gasteiger partial charge in [0.05, 0.1) is 11.1 Å².